The topological polar surface area (TPSA) is 114 Å². The second-order valence-electron chi connectivity index (χ2n) is 4.71. The zero-order valence-electron chi connectivity index (χ0n) is 12.4. The number of rotatable bonds is 7. The van der Waals surface area contributed by atoms with Gasteiger partial charge in [0.05, 0.1) is 11.2 Å². The maximum atomic E-state index is 11.6. The molecule has 2 aromatic rings. The van der Waals surface area contributed by atoms with Gasteiger partial charge in [-0.3, -0.25) is 19.7 Å². The number of ketones is 1. The molecule has 8 nitrogen and oxygen atoms in total. The van der Waals surface area contributed by atoms with Crippen molar-refractivity contribution in [1.29, 1.82) is 0 Å². The number of anilines is 1. The van der Waals surface area contributed by atoms with Gasteiger partial charge in [-0.15, -0.1) is 0 Å². The molecule has 0 saturated heterocycles. The molecule has 23 heavy (non-hydrogen) atoms. The maximum Gasteiger partial charge on any atom is 0.293 e. The Balaban J connectivity index is 1.94. The maximum absolute atomic E-state index is 11.6. The predicted molar refractivity (Wildman–Crippen MR) is 82.6 cm³/mol. The first-order chi connectivity index (χ1) is 11.0. The molecule has 0 saturated carbocycles. The summed E-state index contributed by atoms with van der Waals surface area (Å²) in [5.74, 6) is -0.412. The molecule has 0 fully saturated rings. The summed E-state index contributed by atoms with van der Waals surface area (Å²) in [5, 5.41) is 16.5. The fourth-order valence-electron chi connectivity index (χ4n) is 1.92. The number of nitrogens with zero attached hydrogens (tertiary/aromatic N) is 1. The van der Waals surface area contributed by atoms with Gasteiger partial charge < -0.3 is 15.1 Å². The highest BCUT2D eigenvalue weighted by atomic mass is 16.6. The van der Waals surface area contributed by atoms with Gasteiger partial charge in [-0.2, -0.15) is 0 Å². The van der Waals surface area contributed by atoms with Crippen molar-refractivity contribution in [2.75, 3.05) is 18.4 Å². The van der Waals surface area contributed by atoms with Crippen molar-refractivity contribution in [1.82, 2.24) is 5.32 Å². The minimum Gasteiger partial charge on any atom is -0.459 e. The van der Waals surface area contributed by atoms with Crippen LogP contribution in [0.25, 0.3) is 0 Å². The Labute approximate surface area is 131 Å². The molecule has 8 heteroatoms. The molecule has 120 valence electrons. The lowest BCUT2D eigenvalue weighted by atomic mass is 10.1. The lowest BCUT2D eigenvalue weighted by molar-refractivity contribution is -0.384. The summed E-state index contributed by atoms with van der Waals surface area (Å²) in [6.07, 6.45) is 1.40. The Morgan fingerprint density at radius 1 is 1.26 bits per heavy atom. The van der Waals surface area contributed by atoms with Gasteiger partial charge in [0.25, 0.3) is 11.6 Å². The van der Waals surface area contributed by atoms with Crippen molar-refractivity contribution >= 4 is 23.1 Å². The zero-order valence-corrected chi connectivity index (χ0v) is 12.4. The largest absolute Gasteiger partial charge is 0.459 e. The van der Waals surface area contributed by atoms with Crippen molar-refractivity contribution in [2.24, 2.45) is 0 Å². The molecule has 0 atom stereocenters. The van der Waals surface area contributed by atoms with Crippen LogP contribution in [0.2, 0.25) is 0 Å². The van der Waals surface area contributed by atoms with E-state index in [4.69, 9.17) is 4.42 Å². The van der Waals surface area contributed by atoms with Crippen LogP contribution in [0.4, 0.5) is 11.4 Å². The number of benzene rings is 1. The van der Waals surface area contributed by atoms with Crippen LogP contribution in [0, 0.1) is 10.1 Å². The Morgan fingerprint density at radius 2 is 2.04 bits per heavy atom. The highest BCUT2D eigenvalue weighted by Crippen LogP contribution is 2.25. The molecule has 0 aliphatic rings. The van der Waals surface area contributed by atoms with E-state index < -0.39 is 4.92 Å². The van der Waals surface area contributed by atoms with E-state index >= 15 is 0 Å². The normalized spacial score (nSPS) is 10.1. The molecule has 1 aromatic carbocycles. The first kappa shape index (κ1) is 16.2. The van der Waals surface area contributed by atoms with E-state index in [1.165, 1.54) is 37.5 Å². The number of nitro benzene ring substituents is 1. The lowest BCUT2D eigenvalue weighted by Gasteiger charge is -2.08. The van der Waals surface area contributed by atoms with E-state index in [9.17, 15) is 19.7 Å². The Morgan fingerprint density at radius 3 is 2.65 bits per heavy atom. The SMILES string of the molecule is CC(=O)c1ccc(NCCNC(=O)c2ccco2)c([N+](=O)[O-])c1. The van der Waals surface area contributed by atoms with Crippen LogP contribution in [0.3, 0.4) is 0 Å². The van der Waals surface area contributed by atoms with Crippen LogP contribution >= 0.6 is 0 Å². The molecule has 0 radical (unpaired) electrons. The number of carbonyl (C=O) groups excluding carboxylic acids is 2. The van der Waals surface area contributed by atoms with Crippen molar-refractivity contribution in [2.45, 2.75) is 6.92 Å². The summed E-state index contributed by atoms with van der Waals surface area (Å²) in [6, 6.07) is 7.36. The predicted octanol–water partition coefficient (Wildman–Crippen LogP) is 2.23. The third kappa shape index (κ3) is 4.16. The van der Waals surface area contributed by atoms with E-state index in [0.29, 0.717) is 0 Å². The van der Waals surface area contributed by atoms with E-state index in [0.717, 1.165) is 0 Å². The highest BCUT2D eigenvalue weighted by molar-refractivity contribution is 5.95. The van der Waals surface area contributed by atoms with Gasteiger partial charge in [0.1, 0.15) is 5.69 Å². The number of hydrogen-bond donors (Lipinski definition) is 2. The van der Waals surface area contributed by atoms with Crippen LogP contribution in [0.5, 0.6) is 0 Å². The van der Waals surface area contributed by atoms with E-state index in [2.05, 4.69) is 10.6 Å². The van der Waals surface area contributed by atoms with Gasteiger partial charge in [0, 0.05) is 24.7 Å². The summed E-state index contributed by atoms with van der Waals surface area (Å²) >= 11 is 0. The monoisotopic (exact) mass is 317 g/mol. The summed E-state index contributed by atoms with van der Waals surface area (Å²) < 4.78 is 4.94. The quantitative estimate of drug-likeness (QED) is 0.350. The molecule has 1 heterocycles. The third-order valence-corrected chi connectivity index (χ3v) is 3.07. The number of carbonyl (C=O) groups is 2. The lowest BCUT2D eigenvalue weighted by Crippen LogP contribution is -2.28. The second-order valence-corrected chi connectivity index (χ2v) is 4.71. The molecule has 1 amide bonds. The van der Waals surface area contributed by atoms with Gasteiger partial charge in [-0.25, -0.2) is 0 Å². The first-order valence-electron chi connectivity index (χ1n) is 6.84. The number of furan rings is 1. The van der Waals surface area contributed by atoms with Crippen LogP contribution in [0.15, 0.2) is 41.0 Å². The van der Waals surface area contributed by atoms with E-state index in [1.807, 2.05) is 0 Å². The van der Waals surface area contributed by atoms with Crippen molar-refractivity contribution in [3.63, 3.8) is 0 Å². The average Bonchev–Trinajstić information content (AvgIpc) is 3.05. The van der Waals surface area contributed by atoms with E-state index in [1.54, 1.807) is 6.07 Å². The fourth-order valence-corrected chi connectivity index (χ4v) is 1.92. The van der Waals surface area contributed by atoms with Gasteiger partial charge in [0.2, 0.25) is 0 Å². The molecule has 2 rings (SSSR count). The third-order valence-electron chi connectivity index (χ3n) is 3.07. The molecule has 0 unspecified atom stereocenters. The number of hydrogen-bond acceptors (Lipinski definition) is 6. The summed E-state index contributed by atoms with van der Waals surface area (Å²) in [5.41, 5.74) is 0.371. The molecular weight excluding hydrogens is 302 g/mol. The molecule has 0 aliphatic carbocycles. The van der Waals surface area contributed by atoms with Gasteiger partial charge in [-0.1, -0.05) is 0 Å². The minimum atomic E-state index is -0.559. The smallest absolute Gasteiger partial charge is 0.293 e. The van der Waals surface area contributed by atoms with Crippen molar-refractivity contribution in [3.05, 3.63) is 58.0 Å². The van der Waals surface area contributed by atoms with Gasteiger partial charge in [0.15, 0.2) is 11.5 Å². The first-order valence-corrected chi connectivity index (χ1v) is 6.84. The molecule has 0 bridgehead atoms. The molecular formula is C15H15N3O5. The Bertz CT molecular complexity index is 725. The standard InChI is InChI=1S/C15H15N3O5/c1-10(19)11-4-5-12(13(9-11)18(21)22)16-6-7-17-15(20)14-3-2-8-23-14/h2-5,8-9,16H,6-7H2,1H3,(H,17,20). The second kappa shape index (κ2) is 7.21. The summed E-state index contributed by atoms with van der Waals surface area (Å²) in [4.78, 5) is 33.4. The molecule has 2 N–H and O–H groups in total. The average molecular weight is 317 g/mol. The molecule has 0 aliphatic heterocycles. The van der Waals surface area contributed by atoms with Crippen LogP contribution < -0.4 is 10.6 Å². The zero-order chi connectivity index (χ0) is 16.8. The van der Waals surface area contributed by atoms with Crippen LogP contribution in [0.1, 0.15) is 27.8 Å². The van der Waals surface area contributed by atoms with Gasteiger partial charge in [-0.05, 0) is 31.2 Å². The molecule has 0 spiro atoms. The fraction of sp³-hybridized carbons (Fsp3) is 0.200. The van der Waals surface area contributed by atoms with Crippen LogP contribution in [-0.2, 0) is 0 Å². The Kier molecular flexibility index (Phi) is 5.08. The van der Waals surface area contributed by atoms with E-state index in [-0.39, 0.29) is 47.5 Å². The van der Waals surface area contributed by atoms with Gasteiger partial charge >= 0.3 is 0 Å². The highest BCUT2D eigenvalue weighted by Gasteiger charge is 2.16. The number of nitro groups is 1. The van der Waals surface area contributed by atoms with Crippen LogP contribution in [-0.4, -0.2) is 29.7 Å². The van der Waals surface area contributed by atoms with Crippen molar-refractivity contribution < 1.29 is 18.9 Å². The Hall–Kier alpha value is -3.16. The number of Topliss-reactive ketones (excluding diaryl/α,β-unsaturated/α-hetero) is 1. The number of amides is 1. The van der Waals surface area contributed by atoms with Crippen molar-refractivity contribution in [3.8, 4) is 0 Å². The minimum absolute atomic E-state index is 0.185. The number of nitrogens with one attached hydrogen (secondary N) is 2. The summed E-state index contributed by atoms with van der Waals surface area (Å²) in [6.45, 7) is 1.88. The molecule has 1 aromatic heterocycles. The summed E-state index contributed by atoms with van der Waals surface area (Å²) in [7, 11) is 0.